The van der Waals surface area contributed by atoms with Crippen LogP contribution in [0.2, 0.25) is 0 Å². The average Bonchev–Trinajstić information content (AvgIpc) is 3.51. The first-order chi connectivity index (χ1) is 20.0. The number of hydrogen-bond acceptors (Lipinski definition) is 9. The maximum Gasteiger partial charge on any atom is 0.249 e. The molecule has 3 amide bonds. The number of amides is 3. The van der Waals surface area contributed by atoms with Gasteiger partial charge in [-0.2, -0.15) is 0 Å². The second-order valence-corrected chi connectivity index (χ2v) is 12.0. The topological polar surface area (TPSA) is 146 Å². The van der Waals surface area contributed by atoms with Crippen molar-refractivity contribution in [3.63, 3.8) is 0 Å². The van der Waals surface area contributed by atoms with E-state index in [9.17, 15) is 14.4 Å². The maximum absolute atomic E-state index is 13.6. The molecule has 0 spiro atoms. The normalized spacial score (nSPS) is 16.1. The molecule has 3 aromatic rings. The molecule has 2 heterocycles. The van der Waals surface area contributed by atoms with Crippen LogP contribution in [0.25, 0.3) is 10.9 Å². The van der Waals surface area contributed by atoms with Gasteiger partial charge >= 0.3 is 0 Å². The third-order valence-corrected chi connectivity index (χ3v) is 8.28. The zero-order chi connectivity index (χ0) is 30.4. The van der Waals surface area contributed by atoms with Crippen LogP contribution in [0.1, 0.15) is 39.2 Å². The highest BCUT2D eigenvalue weighted by atomic mass is 79.9. The Balaban J connectivity index is 0.00000506. The molecule has 232 valence electrons. The van der Waals surface area contributed by atoms with E-state index in [2.05, 4.69) is 52.5 Å². The van der Waals surface area contributed by atoms with Crippen LogP contribution < -0.4 is 31.3 Å². The first kappa shape index (κ1) is 34.2. The highest BCUT2D eigenvalue weighted by Gasteiger charge is 2.39. The molecular formula is C30H39BrClN7O4. The van der Waals surface area contributed by atoms with Gasteiger partial charge in [-0.25, -0.2) is 9.97 Å². The lowest BCUT2D eigenvalue weighted by atomic mass is 9.77. The number of anilines is 2. The average molecular weight is 677 g/mol. The lowest BCUT2D eigenvalue weighted by Gasteiger charge is -2.35. The number of hydrogen-bond donors (Lipinski definition) is 5. The summed E-state index contributed by atoms with van der Waals surface area (Å²) in [6.45, 7) is 6.19. The van der Waals surface area contributed by atoms with Crippen LogP contribution in [0, 0.1) is 5.41 Å². The number of likely N-dealkylation sites (N-methyl/N-ethyl adjacent to an activating group) is 1. The Bertz CT molecular complexity index is 1470. The van der Waals surface area contributed by atoms with E-state index in [1.807, 2.05) is 50.2 Å². The molecule has 1 aliphatic heterocycles. The van der Waals surface area contributed by atoms with E-state index < -0.39 is 35.4 Å². The number of carbonyl (C=O) groups is 3. The number of halogens is 2. The number of rotatable bonds is 11. The van der Waals surface area contributed by atoms with Gasteiger partial charge in [0.05, 0.1) is 30.4 Å². The van der Waals surface area contributed by atoms with Crippen molar-refractivity contribution in [3.8, 4) is 5.75 Å². The number of carbonyl (C=O) groups excluding carboxylic acids is 3. The lowest BCUT2D eigenvalue weighted by molar-refractivity contribution is -0.137. The third-order valence-electron chi connectivity index (χ3n) is 7.59. The quantitative estimate of drug-likeness (QED) is 0.206. The molecule has 4 rings (SSSR count). The molecule has 0 unspecified atom stereocenters. The van der Waals surface area contributed by atoms with Gasteiger partial charge in [0.15, 0.2) is 0 Å². The SMILES string of the molecule is CN[C@@H](C)C(=O)N[C@H](C(=O)NC(=O)[C@@H]1CCCN1)C(C)(C)Cc1cc2c(Nc3ccccc3Br)ncnc2cc1OC.Cl. The van der Waals surface area contributed by atoms with Gasteiger partial charge in [-0.1, -0.05) is 26.0 Å². The Hall–Kier alpha value is -3.32. The molecule has 0 radical (unpaired) electrons. The Morgan fingerprint density at radius 2 is 1.91 bits per heavy atom. The lowest BCUT2D eigenvalue weighted by Crippen LogP contribution is -2.59. The molecule has 2 aromatic carbocycles. The highest BCUT2D eigenvalue weighted by Crippen LogP contribution is 2.36. The smallest absolute Gasteiger partial charge is 0.249 e. The van der Waals surface area contributed by atoms with Gasteiger partial charge in [-0.15, -0.1) is 12.4 Å². The van der Waals surface area contributed by atoms with Gasteiger partial charge in [-0.3, -0.25) is 19.7 Å². The fourth-order valence-corrected chi connectivity index (χ4v) is 5.43. The fraction of sp³-hybridized carbons (Fsp3) is 0.433. The van der Waals surface area contributed by atoms with Gasteiger partial charge in [0.2, 0.25) is 17.7 Å². The molecule has 1 saturated heterocycles. The summed E-state index contributed by atoms with van der Waals surface area (Å²) in [5.74, 6) is -0.113. The van der Waals surface area contributed by atoms with E-state index in [-0.39, 0.29) is 18.3 Å². The van der Waals surface area contributed by atoms with Gasteiger partial charge in [0.25, 0.3) is 0 Å². The van der Waals surface area contributed by atoms with Crippen LogP contribution in [-0.4, -0.2) is 66.5 Å². The van der Waals surface area contributed by atoms with Crippen LogP contribution in [-0.2, 0) is 20.8 Å². The summed E-state index contributed by atoms with van der Waals surface area (Å²) in [6.07, 6.45) is 3.33. The zero-order valence-electron chi connectivity index (χ0n) is 24.9. The van der Waals surface area contributed by atoms with Crippen molar-refractivity contribution in [1.29, 1.82) is 0 Å². The van der Waals surface area contributed by atoms with E-state index in [0.29, 0.717) is 29.9 Å². The number of imide groups is 1. The van der Waals surface area contributed by atoms with E-state index in [1.165, 1.54) is 6.33 Å². The Kier molecular flexibility index (Phi) is 11.9. The fourth-order valence-electron chi connectivity index (χ4n) is 5.04. The van der Waals surface area contributed by atoms with Crippen molar-refractivity contribution in [1.82, 2.24) is 31.2 Å². The monoisotopic (exact) mass is 675 g/mol. The molecule has 1 aromatic heterocycles. The summed E-state index contributed by atoms with van der Waals surface area (Å²) in [6, 6.07) is 9.51. The predicted octanol–water partition coefficient (Wildman–Crippen LogP) is 3.62. The number of nitrogens with one attached hydrogen (secondary N) is 5. The van der Waals surface area contributed by atoms with Gasteiger partial charge in [0.1, 0.15) is 23.9 Å². The number of benzene rings is 2. The number of para-hydroxylation sites is 1. The van der Waals surface area contributed by atoms with Crippen molar-refractivity contribution in [3.05, 3.63) is 52.8 Å². The van der Waals surface area contributed by atoms with Crippen molar-refractivity contribution >= 4 is 68.5 Å². The first-order valence-electron chi connectivity index (χ1n) is 13.9. The molecule has 1 aliphatic rings. The summed E-state index contributed by atoms with van der Waals surface area (Å²) in [5.41, 5.74) is 1.47. The number of methoxy groups -OCH3 is 1. The largest absolute Gasteiger partial charge is 0.496 e. The standard InChI is InChI=1S/C30H38BrN7O4.ClH/c1-17(32-4)27(39)37-25(29(41)38-28(40)22-11-8-12-33-22)30(2,3)15-18-13-19-23(14-24(18)42-5)34-16-35-26(19)36-21-10-7-6-9-20(21)31;/h6-7,9-10,13-14,16-17,22,25,32-33H,8,11-12,15H2,1-5H3,(H,37,39)(H,34,35,36)(H,38,40,41);1H/t17-,22-,25+;/m0./s1. The summed E-state index contributed by atoms with van der Waals surface area (Å²) in [5, 5.41) is 15.5. The van der Waals surface area contributed by atoms with Crippen molar-refractivity contribution in [2.45, 2.75) is 58.2 Å². The maximum atomic E-state index is 13.6. The molecular weight excluding hydrogens is 638 g/mol. The second-order valence-electron chi connectivity index (χ2n) is 11.1. The molecule has 0 bridgehead atoms. The summed E-state index contributed by atoms with van der Waals surface area (Å²) >= 11 is 3.57. The van der Waals surface area contributed by atoms with Crippen LogP contribution in [0.5, 0.6) is 5.75 Å². The molecule has 13 heteroatoms. The Morgan fingerprint density at radius 1 is 1.16 bits per heavy atom. The molecule has 0 saturated carbocycles. The molecule has 1 fully saturated rings. The summed E-state index contributed by atoms with van der Waals surface area (Å²) < 4.78 is 6.62. The summed E-state index contributed by atoms with van der Waals surface area (Å²) in [7, 11) is 3.24. The Morgan fingerprint density at radius 3 is 2.56 bits per heavy atom. The highest BCUT2D eigenvalue weighted by molar-refractivity contribution is 9.10. The number of nitrogens with zero attached hydrogens (tertiary/aromatic N) is 2. The zero-order valence-corrected chi connectivity index (χ0v) is 27.3. The molecule has 0 aliphatic carbocycles. The molecule has 5 N–H and O–H groups in total. The van der Waals surface area contributed by atoms with Crippen LogP contribution in [0.3, 0.4) is 0 Å². The molecule has 11 nitrogen and oxygen atoms in total. The molecule has 3 atom stereocenters. The number of ether oxygens (including phenoxy) is 1. The van der Waals surface area contributed by atoms with Crippen LogP contribution in [0.4, 0.5) is 11.5 Å². The summed E-state index contributed by atoms with van der Waals surface area (Å²) in [4.78, 5) is 48.3. The second kappa shape index (κ2) is 14.9. The van der Waals surface area contributed by atoms with Crippen LogP contribution in [0.15, 0.2) is 47.2 Å². The van der Waals surface area contributed by atoms with Gasteiger partial charge in [0, 0.05) is 15.9 Å². The Labute approximate surface area is 266 Å². The van der Waals surface area contributed by atoms with E-state index in [0.717, 1.165) is 34.1 Å². The molecule has 43 heavy (non-hydrogen) atoms. The van der Waals surface area contributed by atoms with Crippen molar-refractivity contribution < 1.29 is 19.1 Å². The van der Waals surface area contributed by atoms with Crippen molar-refractivity contribution in [2.75, 3.05) is 26.0 Å². The van der Waals surface area contributed by atoms with Crippen LogP contribution >= 0.6 is 28.3 Å². The van der Waals surface area contributed by atoms with E-state index in [4.69, 9.17) is 4.74 Å². The number of aromatic nitrogens is 2. The van der Waals surface area contributed by atoms with Gasteiger partial charge < -0.3 is 26.0 Å². The third kappa shape index (κ3) is 8.20. The minimum atomic E-state index is -1.02. The van der Waals surface area contributed by atoms with Gasteiger partial charge in [-0.05, 0) is 84.9 Å². The predicted molar refractivity (Wildman–Crippen MR) is 173 cm³/mol. The first-order valence-corrected chi connectivity index (χ1v) is 14.7. The van der Waals surface area contributed by atoms with E-state index in [1.54, 1.807) is 21.1 Å². The van der Waals surface area contributed by atoms with E-state index >= 15 is 0 Å². The minimum Gasteiger partial charge on any atom is -0.496 e. The number of fused-ring (bicyclic) bond motifs is 1. The van der Waals surface area contributed by atoms with Crippen molar-refractivity contribution in [2.24, 2.45) is 5.41 Å². The minimum absolute atomic E-state index is 0.